The first-order chi connectivity index (χ1) is 11.9. The normalized spacial score (nSPS) is 20.4. The molecule has 132 valence electrons. The van der Waals surface area contributed by atoms with Crippen molar-refractivity contribution >= 4 is 34.8 Å². The zero-order valence-corrected chi connectivity index (χ0v) is 15.4. The second-order valence-corrected chi connectivity index (χ2v) is 7.80. The van der Waals surface area contributed by atoms with E-state index >= 15 is 0 Å². The number of benzene rings is 1. The van der Waals surface area contributed by atoms with Gasteiger partial charge in [0.1, 0.15) is 0 Å². The molecule has 0 radical (unpaired) electrons. The van der Waals surface area contributed by atoms with E-state index in [1.165, 1.54) is 17.3 Å². The van der Waals surface area contributed by atoms with Gasteiger partial charge in [-0.05, 0) is 47.7 Å². The van der Waals surface area contributed by atoms with Crippen LogP contribution in [0.1, 0.15) is 43.7 Å². The summed E-state index contributed by atoms with van der Waals surface area (Å²) in [5.74, 6) is 0.00280. The molecule has 5 nitrogen and oxygen atoms in total. The molecular weight excluding hydrogens is 334 g/mol. The summed E-state index contributed by atoms with van der Waals surface area (Å²) >= 11 is 1.41. The molecule has 0 aliphatic carbocycles. The largest absolute Gasteiger partial charge is 0.369 e. The predicted molar refractivity (Wildman–Crippen MR) is 102 cm³/mol. The lowest BCUT2D eigenvalue weighted by molar-refractivity contribution is -0.123. The smallest absolute Gasteiger partial charge is 0.286 e. The maximum atomic E-state index is 12.2. The molecule has 0 aromatic heterocycles. The lowest BCUT2D eigenvalue weighted by Crippen LogP contribution is -2.40. The number of amidine groups is 1. The van der Waals surface area contributed by atoms with E-state index in [1.807, 2.05) is 18.2 Å². The molecular formula is C19H23N3O2S. The van der Waals surface area contributed by atoms with Gasteiger partial charge in [-0.1, -0.05) is 38.1 Å². The first-order valence-electron chi connectivity index (χ1n) is 8.61. The summed E-state index contributed by atoms with van der Waals surface area (Å²) in [6.07, 6.45) is 3.33. The first-order valence-corrected chi connectivity index (χ1v) is 9.42. The second-order valence-electron chi connectivity index (χ2n) is 6.80. The molecule has 0 unspecified atom stereocenters. The number of nitrogens with two attached hydrogens (primary N) is 1. The SMILES string of the molecule is CC(C)c1ccc(C=C2SC(N3CCC(C(N)=O)CC3)=NC2=O)cc1. The highest BCUT2D eigenvalue weighted by Gasteiger charge is 2.30. The number of carbonyl (C=O) groups excluding carboxylic acids is 2. The summed E-state index contributed by atoms with van der Waals surface area (Å²) in [5, 5.41) is 0.734. The van der Waals surface area contributed by atoms with E-state index in [0.717, 1.165) is 23.6 Å². The van der Waals surface area contributed by atoms with Gasteiger partial charge in [0.25, 0.3) is 5.91 Å². The van der Waals surface area contributed by atoms with Gasteiger partial charge >= 0.3 is 0 Å². The van der Waals surface area contributed by atoms with Crippen LogP contribution in [0.25, 0.3) is 6.08 Å². The van der Waals surface area contributed by atoms with Crippen LogP contribution in [0, 0.1) is 5.92 Å². The number of hydrogen-bond donors (Lipinski definition) is 1. The molecule has 2 heterocycles. The molecule has 6 heteroatoms. The zero-order chi connectivity index (χ0) is 18.0. The highest BCUT2D eigenvalue weighted by molar-refractivity contribution is 8.18. The summed E-state index contributed by atoms with van der Waals surface area (Å²) < 4.78 is 0. The number of likely N-dealkylation sites (tertiary alicyclic amines) is 1. The van der Waals surface area contributed by atoms with Crippen molar-refractivity contribution in [2.24, 2.45) is 16.6 Å². The van der Waals surface area contributed by atoms with Crippen LogP contribution >= 0.6 is 11.8 Å². The average Bonchev–Trinajstić information content (AvgIpc) is 2.96. The van der Waals surface area contributed by atoms with Crippen LogP contribution in [-0.2, 0) is 9.59 Å². The fourth-order valence-corrected chi connectivity index (χ4v) is 3.98. The number of nitrogens with zero attached hydrogens (tertiary/aromatic N) is 2. The Morgan fingerprint density at radius 2 is 1.92 bits per heavy atom. The van der Waals surface area contributed by atoms with Gasteiger partial charge in [0.2, 0.25) is 5.91 Å². The maximum Gasteiger partial charge on any atom is 0.286 e. The Bertz CT molecular complexity index is 730. The van der Waals surface area contributed by atoms with Gasteiger partial charge in [-0.15, -0.1) is 0 Å². The Hall–Kier alpha value is -2.08. The van der Waals surface area contributed by atoms with Gasteiger partial charge in [0, 0.05) is 19.0 Å². The minimum atomic E-state index is -0.234. The van der Waals surface area contributed by atoms with E-state index in [9.17, 15) is 9.59 Å². The third-order valence-electron chi connectivity index (χ3n) is 4.68. The van der Waals surface area contributed by atoms with Crippen molar-refractivity contribution in [3.05, 3.63) is 40.3 Å². The van der Waals surface area contributed by atoms with Crippen molar-refractivity contribution in [1.82, 2.24) is 4.90 Å². The van der Waals surface area contributed by atoms with Crippen molar-refractivity contribution < 1.29 is 9.59 Å². The van der Waals surface area contributed by atoms with Crippen LogP contribution in [0.2, 0.25) is 0 Å². The Balaban J connectivity index is 1.65. The molecule has 0 atom stereocenters. The lowest BCUT2D eigenvalue weighted by Gasteiger charge is -2.31. The van der Waals surface area contributed by atoms with Gasteiger partial charge < -0.3 is 10.6 Å². The Morgan fingerprint density at radius 3 is 2.48 bits per heavy atom. The molecule has 2 N–H and O–H groups in total. The van der Waals surface area contributed by atoms with Crippen molar-refractivity contribution in [3.8, 4) is 0 Å². The number of hydrogen-bond acceptors (Lipinski definition) is 4. The fourth-order valence-electron chi connectivity index (χ4n) is 3.02. The number of carbonyl (C=O) groups is 2. The van der Waals surface area contributed by atoms with E-state index < -0.39 is 0 Å². The third-order valence-corrected chi connectivity index (χ3v) is 5.72. The summed E-state index contributed by atoms with van der Waals surface area (Å²) in [6.45, 7) is 5.74. The number of aliphatic imine (C=N–C) groups is 1. The van der Waals surface area contributed by atoms with E-state index in [0.29, 0.717) is 23.9 Å². The molecule has 1 saturated heterocycles. The van der Waals surface area contributed by atoms with E-state index in [1.54, 1.807) is 0 Å². The monoisotopic (exact) mass is 357 g/mol. The average molecular weight is 357 g/mol. The highest BCUT2D eigenvalue weighted by atomic mass is 32.2. The quantitative estimate of drug-likeness (QED) is 0.844. The van der Waals surface area contributed by atoms with Crippen molar-refractivity contribution in [3.63, 3.8) is 0 Å². The lowest BCUT2D eigenvalue weighted by atomic mass is 9.97. The van der Waals surface area contributed by atoms with Gasteiger partial charge in [-0.3, -0.25) is 9.59 Å². The molecule has 1 fully saturated rings. The van der Waals surface area contributed by atoms with Gasteiger partial charge in [0.15, 0.2) is 5.17 Å². The van der Waals surface area contributed by atoms with Gasteiger partial charge in [-0.2, -0.15) is 4.99 Å². The van der Waals surface area contributed by atoms with E-state index in [2.05, 4.69) is 35.9 Å². The number of amides is 2. The summed E-state index contributed by atoms with van der Waals surface area (Å²) in [7, 11) is 0. The van der Waals surface area contributed by atoms with E-state index in [-0.39, 0.29) is 17.7 Å². The van der Waals surface area contributed by atoms with Crippen molar-refractivity contribution in [1.29, 1.82) is 0 Å². The molecule has 2 amide bonds. The Kier molecular flexibility index (Phi) is 5.27. The van der Waals surface area contributed by atoms with E-state index in [4.69, 9.17) is 5.73 Å². The maximum absolute atomic E-state index is 12.2. The van der Waals surface area contributed by atoms with Crippen LogP contribution < -0.4 is 5.73 Å². The van der Waals surface area contributed by atoms with Crippen LogP contribution in [-0.4, -0.2) is 35.0 Å². The van der Waals surface area contributed by atoms with Gasteiger partial charge in [0.05, 0.1) is 4.91 Å². The van der Waals surface area contributed by atoms with Crippen molar-refractivity contribution in [2.45, 2.75) is 32.6 Å². The number of primary amides is 1. The minimum absolute atomic E-state index is 0.0616. The van der Waals surface area contributed by atoms with Crippen LogP contribution in [0.3, 0.4) is 0 Å². The fraction of sp³-hybridized carbons (Fsp3) is 0.421. The topological polar surface area (TPSA) is 75.8 Å². The molecule has 3 rings (SSSR count). The zero-order valence-electron chi connectivity index (χ0n) is 14.6. The molecule has 1 aromatic rings. The molecule has 0 bridgehead atoms. The number of thioether (sulfide) groups is 1. The Morgan fingerprint density at radius 1 is 1.28 bits per heavy atom. The van der Waals surface area contributed by atoms with Crippen LogP contribution in [0.15, 0.2) is 34.2 Å². The second kappa shape index (κ2) is 7.44. The standard InChI is InChI=1S/C19H23N3O2S/c1-12(2)14-5-3-13(4-6-14)11-16-18(24)21-19(25-16)22-9-7-15(8-10-22)17(20)23/h3-6,11-12,15H,7-10H2,1-2H3,(H2,20,23). The first kappa shape index (κ1) is 17.7. The third kappa shape index (κ3) is 4.12. The number of rotatable bonds is 3. The molecule has 2 aliphatic heterocycles. The highest BCUT2D eigenvalue weighted by Crippen LogP contribution is 2.32. The molecule has 0 spiro atoms. The van der Waals surface area contributed by atoms with Crippen LogP contribution in [0.4, 0.5) is 0 Å². The minimum Gasteiger partial charge on any atom is -0.369 e. The van der Waals surface area contributed by atoms with Crippen LogP contribution in [0.5, 0.6) is 0 Å². The molecule has 2 aliphatic rings. The number of piperidine rings is 1. The molecule has 0 saturated carbocycles. The summed E-state index contributed by atoms with van der Waals surface area (Å²) in [4.78, 5) is 30.4. The Labute approximate surface area is 152 Å². The summed E-state index contributed by atoms with van der Waals surface area (Å²) in [6, 6.07) is 8.26. The molecule has 25 heavy (non-hydrogen) atoms. The van der Waals surface area contributed by atoms with Gasteiger partial charge in [-0.25, -0.2) is 0 Å². The summed E-state index contributed by atoms with van der Waals surface area (Å²) in [5.41, 5.74) is 7.65. The molecule has 1 aromatic carbocycles. The van der Waals surface area contributed by atoms with Crippen molar-refractivity contribution in [2.75, 3.05) is 13.1 Å². The predicted octanol–water partition coefficient (Wildman–Crippen LogP) is 2.98.